The highest BCUT2D eigenvalue weighted by Crippen LogP contribution is 2.21. The van der Waals surface area contributed by atoms with Crippen molar-refractivity contribution in [2.45, 2.75) is 6.92 Å². The predicted octanol–water partition coefficient (Wildman–Crippen LogP) is 1.39. The van der Waals surface area contributed by atoms with Crippen molar-refractivity contribution in [3.63, 3.8) is 0 Å². The molecule has 0 unspecified atom stereocenters. The Hall–Kier alpha value is -2.15. The Labute approximate surface area is 101 Å². The lowest BCUT2D eigenvalue weighted by atomic mass is 10.1. The number of nitrogens with zero attached hydrogens (tertiary/aromatic N) is 2. The highest BCUT2D eigenvalue weighted by molar-refractivity contribution is 7.15. The van der Waals surface area contributed by atoms with Gasteiger partial charge >= 0.3 is 0 Å². The normalized spacial score (nSPS) is 10.2. The van der Waals surface area contributed by atoms with Crippen LogP contribution in [0.25, 0.3) is 0 Å². The summed E-state index contributed by atoms with van der Waals surface area (Å²) in [7, 11) is 0. The Morgan fingerprint density at radius 2 is 2.24 bits per heavy atom. The lowest BCUT2D eigenvalue weighted by Gasteiger charge is -2.05. The van der Waals surface area contributed by atoms with Crippen molar-refractivity contribution < 1.29 is 9.90 Å². The van der Waals surface area contributed by atoms with Gasteiger partial charge in [-0.1, -0.05) is 11.3 Å². The van der Waals surface area contributed by atoms with Gasteiger partial charge in [0, 0.05) is 5.69 Å². The van der Waals surface area contributed by atoms with Crippen LogP contribution in [0.2, 0.25) is 0 Å². The van der Waals surface area contributed by atoms with Gasteiger partial charge in [0.25, 0.3) is 5.91 Å². The molecule has 1 aromatic heterocycles. The van der Waals surface area contributed by atoms with Crippen molar-refractivity contribution in [2.75, 3.05) is 11.1 Å². The van der Waals surface area contributed by atoms with Crippen molar-refractivity contribution >= 4 is 28.1 Å². The monoisotopic (exact) mass is 250 g/mol. The van der Waals surface area contributed by atoms with E-state index in [4.69, 9.17) is 5.73 Å². The Morgan fingerprint density at radius 3 is 2.88 bits per heavy atom. The number of benzene rings is 1. The van der Waals surface area contributed by atoms with E-state index in [0.29, 0.717) is 10.8 Å². The Kier molecular flexibility index (Phi) is 2.92. The van der Waals surface area contributed by atoms with Gasteiger partial charge in [-0.05, 0) is 25.1 Å². The Morgan fingerprint density at radius 1 is 1.47 bits per heavy atom. The maximum atomic E-state index is 11.8. The second kappa shape index (κ2) is 4.38. The van der Waals surface area contributed by atoms with Gasteiger partial charge in [-0.3, -0.25) is 10.1 Å². The molecule has 0 bridgehead atoms. The van der Waals surface area contributed by atoms with E-state index < -0.39 is 5.91 Å². The van der Waals surface area contributed by atoms with Crippen LogP contribution >= 0.6 is 11.3 Å². The number of hydrogen-bond donors (Lipinski definition) is 3. The van der Waals surface area contributed by atoms with Crippen LogP contribution in [0.5, 0.6) is 5.75 Å². The van der Waals surface area contributed by atoms with Gasteiger partial charge < -0.3 is 10.8 Å². The van der Waals surface area contributed by atoms with E-state index in [9.17, 15) is 9.90 Å². The molecule has 7 heteroatoms. The molecule has 6 nitrogen and oxygen atoms in total. The maximum absolute atomic E-state index is 11.8. The first-order valence-electron chi connectivity index (χ1n) is 4.76. The number of aryl methyl sites for hydroxylation is 1. The zero-order valence-corrected chi connectivity index (χ0v) is 9.78. The molecule has 4 N–H and O–H groups in total. The van der Waals surface area contributed by atoms with E-state index in [-0.39, 0.29) is 11.3 Å². The van der Waals surface area contributed by atoms with E-state index in [1.807, 2.05) is 0 Å². The minimum absolute atomic E-state index is 0.0159. The van der Waals surface area contributed by atoms with Crippen LogP contribution in [0.15, 0.2) is 18.2 Å². The fourth-order valence-corrected chi connectivity index (χ4v) is 1.84. The summed E-state index contributed by atoms with van der Waals surface area (Å²) < 4.78 is 0. The van der Waals surface area contributed by atoms with Crippen LogP contribution in [0.1, 0.15) is 15.4 Å². The first-order chi connectivity index (χ1) is 8.06. The Bertz CT molecular complexity index is 567. The number of carbonyl (C=O) groups is 1. The molecule has 0 radical (unpaired) electrons. The number of nitrogen functional groups attached to an aromatic ring is 1. The van der Waals surface area contributed by atoms with Crippen molar-refractivity contribution in [1.29, 1.82) is 0 Å². The van der Waals surface area contributed by atoms with Crippen molar-refractivity contribution in [1.82, 2.24) is 10.2 Å². The third kappa shape index (κ3) is 2.51. The van der Waals surface area contributed by atoms with Crippen LogP contribution in [-0.2, 0) is 0 Å². The van der Waals surface area contributed by atoms with Gasteiger partial charge in [-0.2, -0.15) is 0 Å². The number of phenolic OH excluding ortho intramolecular Hbond substituents is 1. The molecule has 0 saturated heterocycles. The molecule has 2 aromatic rings. The summed E-state index contributed by atoms with van der Waals surface area (Å²) in [6.07, 6.45) is 0. The van der Waals surface area contributed by atoms with Gasteiger partial charge in [-0.15, -0.1) is 10.2 Å². The lowest BCUT2D eigenvalue weighted by molar-refractivity contribution is 0.102. The van der Waals surface area contributed by atoms with Gasteiger partial charge in [0.05, 0.1) is 5.56 Å². The number of aromatic hydroxyl groups is 1. The minimum atomic E-state index is -0.422. The van der Waals surface area contributed by atoms with E-state index >= 15 is 0 Å². The topological polar surface area (TPSA) is 101 Å². The molecule has 2 rings (SSSR count). The smallest absolute Gasteiger partial charge is 0.259 e. The number of anilines is 2. The van der Waals surface area contributed by atoms with Gasteiger partial charge in [0.2, 0.25) is 5.13 Å². The molecule has 0 aliphatic rings. The number of phenols is 1. The van der Waals surface area contributed by atoms with Crippen LogP contribution in [0.4, 0.5) is 10.8 Å². The summed E-state index contributed by atoms with van der Waals surface area (Å²) in [4.78, 5) is 11.8. The SMILES string of the molecule is Cc1nnc(NC(=O)c2cc(O)ccc2N)s1. The standard InChI is InChI=1S/C10H10N4O2S/c1-5-13-14-10(17-5)12-9(16)7-4-6(15)2-3-8(7)11/h2-4,15H,11H2,1H3,(H,12,14,16). The number of hydrogen-bond acceptors (Lipinski definition) is 6. The molecule has 17 heavy (non-hydrogen) atoms. The molecular weight excluding hydrogens is 240 g/mol. The van der Waals surface area contributed by atoms with E-state index in [2.05, 4.69) is 15.5 Å². The first-order valence-corrected chi connectivity index (χ1v) is 5.58. The second-order valence-electron chi connectivity index (χ2n) is 3.35. The molecular formula is C10H10N4O2S. The van der Waals surface area contributed by atoms with E-state index in [1.165, 1.54) is 29.5 Å². The van der Waals surface area contributed by atoms with Crippen molar-refractivity contribution in [3.8, 4) is 5.75 Å². The molecule has 0 saturated carbocycles. The molecule has 1 heterocycles. The highest BCUT2D eigenvalue weighted by Gasteiger charge is 2.12. The first kappa shape index (κ1) is 11.3. The summed E-state index contributed by atoms with van der Waals surface area (Å²) in [5, 5.41) is 20.6. The summed E-state index contributed by atoms with van der Waals surface area (Å²) in [6.45, 7) is 1.79. The molecule has 0 atom stereocenters. The molecule has 0 aliphatic heterocycles. The summed E-state index contributed by atoms with van der Waals surface area (Å²) >= 11 is 1.26. The van der Waals surface area contributed by atoms with E-state index in [1.54, 1.807) is 6.92 Å². The minimum Gasteiger partial charge on any atom is -0.508 e. The average molecular weight is 250 g/mol. The van der Waals surface area contributed by atoms with Crippen molar-refractivity contribution in [2.24, 2.45) is 0 Å². The van der Waals surface area contributed by atoms with Gasteiger partial charge in [0.1, 0.15) is 10.8 Å². The molecule has 0 fully saturated rings. The van der Waals surface area contributed by atoms with Crippen LogP contribution < -0.4 is 11.1 Å². The fraction of sp³-hybridized carbons (Fsp3) is 0.100. The molecule has 1 amide bonds. The summed E-state index contributed by atoms with van der Waals surface area (Å²) in [5.41, 5.74) is 6.14. The lowest BCUT2D eigenvalue weighted by Crippen LogP contribution is -2.13. The zero-order chi connectivity index (χ0) is 12.4. The van der Waals surface area contributed by atoms with Gasteiger partial charge in [-0.25, -0.2) is 0 Å². The number of carbonyl (C=O) groups excluding carboxylic acids is 1. The summed E-state index contributed by atoms with van der Waals surface area (Å²) in [6, 6.07) is 4.19. The maximum Gasteiger partial charge on any atom is 0.259 e. The number of nitrogens with one attached hydrogen (secondary N) is 1. The number of nitrogens with two attached hydrogens (primary N) is 1. The Balaban J connectivity index is 2.22. The number of rotatable bonds is 2. The third-order valence-electron chi connectivity index (χ3n) is 2.03. The molecule has 88 valence electrons. The predicted molar refractivity (Wildman–Crippen MR) is 65.1 cm³/mol. The quantitative estimate of drug-likeness (QED) is 0.552. The molecule has 0 aliphatic carbocycles. The third-order valence-corrected chi connectivity index (χ3v) is 2.78. The zero-order valence-electron chi connectivity index (χ0n) is 8.97. The van der Waals surface area contributed by atoms with Gasteiger partial charge in [0.15, 0.2) is 0 Å². The van der Waals surface area contributed by atoms with Crippen molar-refractivity contribution in [3.05, 3.63) is 28.8 Å². The molecule has 1 aromatic carbocycles. The second-order valence-corrected chi connectivity index (χ2v) is 4.53. The average Bonchev–Trinajstić information content (AvgIpc) is 2.67. The van der Waals surface area contributed by atoms with E-state index in [0.717, 1.165) is 5.01 Å². The molecule has 0 spiro atoms. The highest BCUT2D eigenvalue weighted by atomic mass is 32.1. The fourth-order valence-electron chi connectivity index (χ4n) is 1.25. The van der Waals surface area contributed by atoms with Crippen LogP contribution in [-0.4, -0.2) is 21.2 Å². The number of aromatic nitrogens is 2. The number of amides is 1. The van der Waals surface area contributed by atoms with Crippen LogP contribution in [0, 0.1) is 6.92 Å². The summed E-state index contributed by atoms with van der Waals surface area (Å²) in [5.74, 6) is -0.438. The largest absolute Gasteiger partial charge is 0.508 e. The van der Waals surface area contributed by atoms with Crippen LogP contribution in [0.3, 0.4) is 0 Å².